The van der Waals surface area contributed by atoms with E-state index in [0.717, 1.165) is 16.3 Å². The van der Waals surface area contributed by atoms with E-state index in [2.05, 4.69) is 20.9 Å². The van der Waals surface area contributed by atoms with E-state index in [1.54, 1.807) is 34.6 Å². The number of nitrogens with one attached hydrogen (secondary N) is 3. The molecule has 2 heterocycles. The van der Waals surface area contributed by atoms with Crippen molar-refractivity contribution >= 4 is 29.3 Å². The number of nitrogens with zero attached hydrogens (tertiary/aromatic N) is 2. The molecule has 0 bridgehead atoms. The van der Waals surface area contributed by atoms with Crippen molar-refractivity contribution < 1.29 is 23.6 Å². The van der Waals surface area contributed by atoms with Crippen LogP contribution in [-0.4, -0.2) is 46.8 Å². The van der Waals surface area contributed by atoms with Gasteiger partial charge in [-0.3, -0.25) is 9.63 Å². The first-order chi connectivity index (χ1) is 16.0. The summed E-state index contributed by atoms with van der Waals surface area (Å²) in [6.45, 7) is 11.2. The third-order valence-electron chi connectivity index (χ3n) is 4.98. The van der Waals surface area contributed by atoms with Gasteiger partial charge < -0.3 is 20.7 Å². The Morgan fingerprint density at radius 3 is 2.71 bits per heavy atom. The zero-order valence-electron chi connectivity index (χ0n) is 20.4. The summed E-state index contributed by atoms with van der Waals surface area (Å²) < 4.78 is 20.6. The number of hydrogen-bond acceptors (Lipinski definition) is 7. The number of aromatic nitrogens is 1. The molecule has 0 saturated carbocycles. The van der Waals surface area contributed by atoms with Gasteiger partial charge in [0.05, 0.1) is 18.2 Å². The van der Waals surface area contributed by atoms with Crippen molar-refractivity contribution in [2.24, 2.45) is 0 Å². The summed E-state index contributed by atoms with van der Waals surface area (Å²) in [6.07, 6.45) is -0.636. The van der Waals surface area contributed by atoms with Crippen LogP contribution in [0.15, 0.2) is 24.3 Å². The third-order valence-corrected chi connectivity index (χ3v) is 4.98. The van der Waals surface area contributed by atoms with Crippen molar-refractivity contribution in [3.8, 4) is 0 Å². The number of amides is 2. The zero-order chi connectivity index (χ0) is 25.0. The second kappa shape index (κ2) is 10.3. The predicted octanol–water partition coefficient (Wildman–Crippen LogP) is 4.51. The van der Waals surface area contributed by atoms with Gasteiger partial charge in [0.1, 0.15) is 11.4 Å². The molecule has 1 aromatic carbocycles. The quantitative estimate of drug-likeness (QED) is 0.485. The summed E-state index contributed by atoms with van der Waals surface area (Å²) >= 11 is 0. The Balaban J connectivity index is 1.84. The average Bonchev–Trinajstić information content (AvgIpc) is 3.14. The molecule has 1 aliphatic rings. The van der Waals surface area contributed by atoms with E-state index in [1.165, 1.54) is 0 Å². The van der Waals surface area contributed by atoms with E-state index < -0.39 is 23.6 Å². The molecule has 10 heteroatoms. The summed E-state index contributed by atoms with van der Waals surface area (Å²) in [5.74, 6) is -0.779. The lowest BCUT2D eigenvalue weighted by atomic mass is 10.1. The highest BCUT2D eigenvalue weighted by Crippen LogP contribution is 2.31. The number of rotatable bonds is 8. The minimum atomic E-state index is -0.691. The molecular formula is C24H32FN5O4. The number of carbonyl (C=O) groups is 2. The van der Waals surface area contributed by atoms with Gasteiger partial charge in [0.2, 0.25) is 0 Å². The minimum Gasteiger partial charge on any atom is -0.442 e. The number of anilines is 3. The first-order valence-corrected chi connectivity index (χ1v) is 11.2. The molecule has 2 amide bonds. The third kappa shape index (κ3) is 5.93. The molecule has 2 aromatic rings. The first-order valence-electron chi connectivity index (χ1n) is 11.2. The van der Waals surface area contributed by atoms with E-state index in [1.807, 2.05) is 31.2 Å². The van der Waals surface area contributed by atoms with Gasteiger partial charge in [0.25, 0.3) is 5.91 Å². The van der Waals surface area contributed by atoms with Crippen molar-refractivity contribution in [3.05, 3.63) is 46.8 Å². The van der Waals surface area contributed by atoms with E-state index in [-0.39, 0.29) is 48.4 Å². The maximum absolute atomic E-state index is 15.2. The van der Waals surface area contributed by atoms with E-state index >= 15 is 4.39 Å². The van der Waals surface area contributed by atoms with Crippen LogP contribution in [0.5, 0.6) is 0 Å². The van der Waals surface area contributed by atoms with Crippen molar-refractivity contribution in [2.45, 2.75) is 59.7 Å². The second-order valence-corrected chi connectivity index (χ2v) is 9.11. The van der Waals surface area contributed by atoms with Crippen LogP contribution in [0.1, 0.15) is 56.1 Å². The van der Waals surface area contributed by atoms with Crippen LogP contribution in [0.3, 0.4) is 0 Å². The van der Waals surface area contributed by atoms with Crippen LogP contribution in [0.25, 0.3) is 0 Å². The number of pyridine rings is 1. The topological polar surface area (TPSA) is 105 Å². The molecule has 0 aliphatic carbocycles. The number of aryl methyl sites for hydroxylation is 1. The standard InChI is InChI=1S/C24H32FN5O4/c1-7-33-30(23(32)34-24(4,5)6)15(3)12-26-21-19(25)17-13-27-22(31)18(17)20(29-21)28-16-10-8-9-14(2)11-16/h8-11,15H,7,12-13H2,1-6H3,(H,27,31)(H2,26,28,29)/t15-/m1/s1. The smallest absolute Gasteiger partial charge is 0.434 e. The number of carbonyl (C=O) groups excluding carboxylic acids is 2. The molecule has 9 nitrogen and oxygen atoms in total. The summed E-state index contributed by atoms with van der Waals surface area (Å²) in [6, 6.07) is 7.07. The fraction of sp³-hybridized carbons (Fsp3) is 0.458. The van der Waals surface area contributed by atoms with Gasteiger partial charge in [0.15, 0.2) is 11.6 Å². The van der Waals surface area contributed by atoms with Crippen LogP contribution < -0.4 is 16.0 Å². The summed E-state index contributed by atoms with van der Waals surface area (Å²) in [4.78, 5) is 34.8. The normalized spacial score (nSPS) is 13.7. The molecule has 1 aliphatic heterocycles. The van der Waals surface area contributed by atoms with Gasteiger partial charge in [0, 0.05) is 24.3 Å². The molecule has 0 unspecified atom stereocenters. The van der Waals surface area contributed by atoms with Gasteiger partial charge in [-0.1, -0.05) is 12.1 Å². The molecule has 0 radical (unpaired) electrons. The summed E-state index contributed by atoms with van der Waals surface area (Å²) in [7, 11) is 0. The van der Waals surface area contributed by atoms with Crippen LogP contribution in [0.4, 0.5) is 26.5 Å². The highest BCUT2D eigenvalue weighted by atomic mass is 19.1. The Hall–Kier alpha value is -3.40. The number of ether oxygens (including phenoxy) is 1. The molecule has 0 fully saturated rings. The van der Waals surface area contributed by atoms with Crippen LogP contribution in [0.2, 0.25) is 0 Å². The fourth-order valence-electron chi connectivity index (χ4n) is 3.48. The van der Waals surface area contributed by atoms with Crippen molar-refractivity contribution in [1.82, 2.24) is 15.4 Å². The average molecular weight is 474 g/mol. The second-order valence-electron chi connectivity index (χ2n) is 9.11. The Morgan fingerprint density at radius 2 is 2.06 bits per heavy atom. The van der Waals surface area contributed by atoms with Crippen LogP contribution in [-0.2, 0) is 16.1 Å². The number of hydroxylamine groups is 2. The molecule has 0 saturated heterocycles. The van der Waals surface area contributed by atoms with E-state index in [9.17, 15) is 9.59 Å². The number of halogens is 1. The van der Waals surface area contributed by atoms with Crippen molar-refractivity contribution in [3.63, 3.8) is 0 Å². The molecular weight excluding hydrogens is 441 g/mol. The van der Waals surface area contributed by atoms with Gasteiger partial charge in [-0.2, -0.15) is 5.06 Å². The van der Waals surface area contributed by atoms with Crippen molar-refractivity contribution in [1.29, 1.82) is 0 Å². The van der Waals surface area contributed by atoms with Crippen LogP contribution in [0, 0.1) is 12.7 Å². The number of benzene rings is 1. The maximum Gasteiger partial charge on any atom is 0.434 e. The van der Waals surface area contributed by atoms with E-state index in [0.29, 0.717) is 0 Å². The summed E-state index contributed by atoms with van der Waals surface area (Å²) in [5, 5.41) is 9.86. The summed E-state index contributed by atoms with van der Waals surface area (Å²) in [5.41, 5.74) is 1.48. The van der Waals surface area contributed by atoms with Crippen LogP contribution >= 0.6 is 0 Å². The van der Waals surface area contributed by atoms with Gasteiger partial charge in [-0.15, -0.1) is 0 Å². The monoisotopic (exact) mass is 473 g/mol. The van der Waals surface area contributed by atoms with Crippen molar-refractivity contribution in [2.75, 3.05) is 23.8 Å². The molecule has 34 heavy (non-hydrogen) atoms. The van der Waals surface area contributed by atoms with Gasteiger partial charge in [-0.25, -0.2) is 14.2 Å². The molecule has 3 N–H and O–H groups in total. The lowest BCUT2D eigenvalue weighted by Gasteiger charge is -2.30. The van der Waals surface area contributed by atoms with Gasteiger partial charge in [-0.05, 0) is 59.2 Å². The largest absolute Gasteiger partial charge is 0.442 e. The highest BCUT2D eigenvalue weighted by Gasteiger charge is 2.31. The minimum absolute atomic E-state index is 0.0297. The van der Waals surface area contributed by atoms with E-state index in [4.69, 9.17) is 9.57 Å². The molecule has 0 spiro atoms. The lowest BCUT2D eigenvalue weighted by Crippen LogP contribution is -2.45. The first kappa shape index (κ1) is 25.2. The highest BCUT2D eigenvalue weighted by molar-refractivity contribution is 6.03. The SMILES string of the molecule is CCON(C(=O)OC(C)(C)C)[C@H](C)CNc1nc(Nc2cccc(C)c2)c2c(c1F)CNC2=O. The van der Waals surface area contributed by atoms with Gasteiger partial charge >= 0.3 is 6.09 Å². The molecule has 3 rings (SSSR count). The fourth-order valence-corrected chi connectivity index (χ4v) is 3.48. The lowest BCUT2D eigenvalue weighted by molar-refractivity contribution is -0.161. The Bertz CT molecular complexity index is 1070. The Morgan fingerprint density at radius 1 is 1.32 bits per heavy atom. The molecule has 1 aromatic heterocycles. The molecule has 184 valence electrons. The number of hydrogen-bond donors (Lipinski definition) is 3. The Kier molecular flexibility index (Phi) is 7.61. The maximum atomic E-state index is 15.2. The molecule has 1 atom stereocenters. The number of fused-ring (bicyclic) bond motifs is 1. The zero-order valence-corrected chi connectivity index (χ0v) is 20.4. The Labute approximate surface area is 199 Å². The predicted molar refractivity (Wildman–Crippen MR) is 127 cm³/mol.